The number of hydrogen-bond acceptors (Lipinski definition) is 3. The van der Waals surface area contributed by atoms with Crippen LogP contribution in [0.25, 0.3) is 0 Å². The molecule has 0 radical (unpaired) electrons. The Labute approximate surface area is 144 Å². The zero-order valence-corrected chi connectivity index (χ0v) is 13.6. The van der Waals surface area contributed by atoms with Crippen molar-refractivity contribution in [3.8, 4) is 0 Å². The third-order valence-electron chi connectivity index (χ3n) is 3.47. The first kappa shape index (κ1) is 17.7. The molecule has 0 spiro atoms. The van der Waals surface area contributed by atoms with Gasteiger partial charge in [0, 0.05) is 23.4 Å². The zero-order valence-electron chi connectivity index (χ0n) is 12.9. The Hall–Kier alpha value is -2.66. The van der Waals surface area contributed by atoms with Crippen molar-refractivity contribution >= 4 is 29.2 Å². The monoisotopic (exact) mass is 344 g/mol. The summed E-state index contributed by atoms with van der Waals surface area (Å²) >= 11 is 5.77. The number of primary amides is 1. The van der Waals surface area contributed by atoms with Crippen LogP contribution in [0, 0.1) is 0 Å². The average molecular weight is 345 g/mol. The molecule has 0 bridgehead atoms. The van der Waals surface area contributed by atoms with Crippen molar-refractivity contribution < 1.29 is 14.4 Å². The van der Waals surface area contributed by atoms with Crippen molar-refractivity contribution in [2.45, 2.75) is 18.9 Å². The van der Waals surface area contributed by atoms with Gasteiger partial charge in [-0.1, -0.05) is 41.9 Å². The summed E-state index contributed by atoms with van der Waals surface area (Å²) in [6, 6.07) is 14.3. The molecule has 0 aliphatic heterocycles. The number of rotatable bonds is 7. The highest BCUT2D eigenvalue weighted by Gasteiger charge is 2.20. The van der Waals surface area contributed by atoms with E-state index in [2.05, 4.69) is 5.32 Å². The molecule has 2 rings (SSSR count). The Kier molecular flexibility index (Phi) is 6.09. The number of carbonyl (C=O) groups excluding carboxylic acids is 3. The Bertz CT molecular complexity index is 730. The van der Waals surface area contributed by atoms with E-state index in [1.807, 2.05) is 0 Å². The fourth-order valence-electron chi connectivity index (χ4n) is 2.20. The minimum absolute atomic E-state index is 0.0297. The van der Waals surface area contributed by atoms with Gasteiger partial charge in [0.1, 0.15) is 6.04 Å². The van der Waals surface area contributed by atoms with E-state index in [4.69, 9.17) is 17.3 Å². The first-order valence-electron chi connectivity index (χ1n) is 7.40. The summed E-state index contributed by atoms with van der Waals surface area (Å²) in [4.78, 5) is 35.6. The van der Waals surface area contributed by atoms with Crippen LogP contribution in [-0.4, -0.2) is 17.6 Å². The van der Waals surface area contributed by atoms with E-state index in [0.717, 1.165) is 0 Å². The Morgan fingerprint density at radius 2 is 1.58 bits per heavy atom. The number of amides is 2. The van der Waals surface area contributed by atoms with Gasteiger partial charge in [0.2, 0.25) is 11.8 Å². The largest absolute Gasteiger partial charge is 0.368 e. The van der Waals surface area contributed by atoms with Crippen molar-refractivity contribution in [3.05, 3.63) is 70.7 Å². The van der Waals surface area contributed by atoms with Crippen LogP contribution in [0.2, 0.25) is 5.02 Å². The van der Waals surface area contributed by atoms with Crippen LogP contribution in [0.3, 0.4) is 0 Å². The molecule has 6 heteroatoms. The van der Waals surface area contributed by atoms with Gasteiger partial charge in [0.15, 0.2) is 5.78 Å². The van der Waals surface area contributed by atoms with Gasteiger partial charge in [-0.05, 0) is 29.8 Å². The van der Waals surface area contributed by atoms with Crippen molar-refractivity contribution in [3.63, 3.8) is 0 Å². The van der Waals surface area contributed by atoms with Crippen LogP contribution in [0.1, 0.15) is 34.8 Å². The smallest absolute Gasteiger partial charge is 0.244 e. The molecule has 3 N–H and O–H groups in total. The first-order valence-corrected chi connectivity index (χ1v) is 7.77. The van der Waals surface area contributed by atoms with Gasteiger partial charge in [0.05, 0.1) is 0 Å². The zero-order chi connectivity index (χ0) is 17.5. The summed E-state index contributed by atoms with van der Waals surface area (Å²) in [6.45, 7) is 0. The van der Waals surface area contributed by atoms with Gasteiger partial charge < -0.3 is 11.1 Å². The van der Waals surface area contributed by atoms with Crippen molar-refractivity contribution in [1.82, 2.24) is 5.32 Å². The number of benzene rings is 2. The van der Waals surface area contributed by atoms with Gasteiger partial charge in [0.25, 0.3) is 0 Å². The van der Waals surface area contributed by atoms with Crippen LogP contribution in [-0.2, 0) is 9.59 Å². The molecule has 0 saturated carbocycles. The summed E-state index contributed by atoms with van der Waals surface area (Å²) < 4.78 is 0. The van der Waals surface area contributed by atoms with Crippen LogP contribution < -0.4 is 11.1 Å². The molecule has 1 unspecified atom stereocenters. The molecule has 2 aromatic rings. The van der Waals surface area contributed by atoms with E-state index >= 15 is 0 Å². The SMILES string of the molecule is NC(=O)C(NC(=O)CCC(=O)c1ccc(Cl)cc1)c1ccccc1. The van der Waals surface area contributed by atoms with Crippen LogP contribution >= 0.6 is 11.6 Å². The Morgan fingerprint density at radius 1 is 0.958 bits per heavy atom. The fourth-order valence-corrected chi connectivity index (χ4v) is 2.33. The third kappa shape index (κ3) is 4.93. The minimum atomic E-state index is -0.913. The molecular formula is C18H17ClN2O3. The Morgan fingerprint density at radius 3 is 2.17 bits per heavy atom. The highest BCUT2D eigenvalue weighted by Crippen LogP contribution is 2.14. The molecule has 0 fully saturated rings. The molecule has 0 aliphatic rings. The maximum Gasteiger partial charge on any atom is 0.244 e. The number of nitrogens with one attached hydrogen (secondary N) is 1. The highest BCUT2D eigenvalue weighted by molar-refractivity contribution is 6.30. The quantitative estimate of drug-likeness (QED) is 0.757. The van der Waals surface area contributed by atoms with Gasteiger partial charge in [-0.2, -0.15) is 0 Å². The molecule has 5 nitrogen and oxygen atoms in total. The summed E-state index contributed by atoms with van der Waals surface area (Å²) in [5, 5.41) is 3.10. The summed E-state index contributed by atoms with van der Waals surface area (Å²) in [5.41, 5.74) is 6.43. The van der Waals surface area contributed by atoms with Gasteiger partial charge in [-0.15, -0.1) is 0 Å². The molecule has 0 aliphatic carbocycles. The van der Waals surface area contributed by atoms with Crippen molar-refractivity contribution in [1.29, 1.82) is 0 Å². The molecule has 2 amide bonds. The minimum Gasteiger partial charge on any atom is -0.368 e. The van der Waals surface area contributed by atoms with E-state index in [1.54, 1.807) is 54.6 Å². The first-order chi connectivity index (χ1) is 11.5. The van der Waals surface area contributed by atoms with E-state index in [9.17, 15) is 14.4 Å². The van der Waals surface area contributed by atoms with Crippen molar-refractivity contribution in [2.24, 2.45) is 5.73 Å². The lowest BCUT2D eigenvalue weighted by Gasteiger charge is -2.15. The lowest BCUT2D eigenvalue weighted by Crippen LogP contribution is -2.37. The maximum absolute atomic E-state index is 12.0. The number of nitrogens with two attached hydrogens (primary N) is 1. The second-order valence-corrected chi connectivity index (χ2v) is 5.68. The standard InChI is InChI=1S/C18H17ClN2O3/c19-14-8-6-12(7-9-14)15(22)10-11-16(23)21-17(18(20)24)13-4-2-1-3-5-13/h1-9,17H,10-11H2,(H2,20,24)(H,21,23). The van der Waals surface area contributed by atoms with E-state index < -0.39 is 17.9 Å². The van der Waals surface area contributed by atoms with E-state index in [-0.39, 0.29) is 18.6 Å². The molecule has 0 heterocycles. The maximum atomic E-state index is 12.0. The second kappa shape index (κ2) is 8.26. The highest BCUT2D eigenvalue weighted by atomic mass is 35.5. The Balaban J connectivity index is 1.93. The molecule has 0 aromatic heterocycles. The van der Waals surface area contributed by atoms with Crippen LogP contribution in [0.5, 0.6) is 0 Å². The molecule has 124 valence electrons. The van der Waals surface area contributed by atoms with Gasteiger partial charge >= 0.3 is 0 Å². The topological polar surface area (TPSA) is 89.3 Å². The second-order valence-electron chi connectivity index (χ2n) is 5.24. The molecule has 2 aromatic carbocycles. The van der Waals surface area contributed by atoms with Gasteiger partial charge in [-0.3, -0.25) is 14.4 Å². The van der Waals surface area contributed by atoms with Crippen LogP contribution in [0.15, 0.2) is 54.6 Å². The molecule has 0 saturated heterocycles. The number of halogens is 1. The normalized spacial score (nSPS) is 11.5. The third-order valence-corrected chi connectivity index (χ3v) is 3.72. The fraction of sp³-hybridized carbons (Fsp3) is 0.167. The van der Waals surface area contributed by atoms with Crippen LogP contribution in [0.4, 0.5) is 0 Å². The van der Waals surface area contributed by atoms with Crippen molar-refractivity contribution in [2.75, 3.05) is 0 Å². The number of ketones is 1. The number of hydrogen-bond donors (Lipinski definition) is 2. The average Bonchev–Trinajstić information content (AvgIpc) is 2.58. The molecule has 24 heavy (non-hydrogen) atoms. The number of carbonyl (C=O) groups is 3. The summed E-state index contributed by atoms with van der Waals surface area (Å²) in [7, 11) is 0. The summed E-state index contributed by atoms with van der Waals surface area (Å²) in [5.74, 6) is -1.24. The molecular weight excluding hydrogens is 328 g/mol. The lowest BCUT2D eigenvalue weighted by atomic mass is 10.0. The van der Waals surface area contributed by atoms with E-state index in [1.165, 1.54) is 0 Å². The van der Waals surface area contributed by atoms with Gasteiger partial charge in [-0.25, -0.2) is 0 Å². The lowest BCUT2D eigenvalue weighted by molar-refractivity contribution is -0.127. The predicted octanol–water partition coefficient (Wildman–Crippen LogP) is 2.65. The number of Topliss-reactive ketones (excluding diaryl/α,β-unsaturated/α-hetero) is 1. The summed E-state index contributed by atoms with van der Waals surface area (Å²) in [6.07, 6.45) is 0.00576. The predicted molar refractivity (Wildman–Crippen MR) is 91.5 cm³/mol. The van der Waals surface area contributed by atoms with E-state index in [0.29, 0.717) is 16.1 Å². The molecule has 1 atom stereocenters.